The molecule has 0 amide bonds. The Balaban J connectivity index is 2.89. The van der Waals surface area contributed by atoms with Crippen molar-refractivity contribution in [1.82, 2.24) is 0 Å². The molecule has 0 aliphatic carbocycles. The van der Waals surface area contributed by atoms with Gasteiger partial charge in [-0.3, -0.25) is 0 Å². The molecule has 0 fully saturated rings. The maximum Gasteiger partial charge on any atom is 0.0830 e. The molecule has 0 aromatic heterocycles. The molecule has 0 atom stereocenters. The van der Waals surface area contributed by atoms with E-state index in [0.29, 0.717) is 23.5 Å². The summed E-state index contributed by atoms with van der Waals surface area (Å²) in [5.74, 6) is 0. The minimum atomic E-state index is 0.475. The lowest BCUT2D eigenvalue weighted by atomic mass is 10.1. The number of allylic oxidation sites excluding steroid dienone is 1. The molecule has 0 bridgehead atoms. The van der Waals surface area contributed by atoms with Crippen molar-refractivity contribution in [2.24, 2.45) is 0 Å². The first-order chi connectivity index (χ1) is 5.74. The van der Waals surface area contributed by atoms with E-state index in [1.54, 1.807) is 18.2 Å². The van der Waals surface area contributed by atoms with Crippen molar-refractivity contribution in [3.63, 3.8) is 0 Å². The van der Waals surface area contributed by atoms with Crippen LogP contribution < -0.4 is 5.73 Å². The van der Waals surface area contributed by atoms with E-state index < -0.39 is 0 Å². The zero-order valence-corrected chi connectivity index (χ0v) is 7.18. The number of benzene rings is 1. The summed E-state index contributed by atoms with van der Waals surface area (Å²) in [5.41, 5.74) is 7.10. The smallest absolute Gasteiger partial charge is 0.0830 e. The Kier molecular flexibility index (Phi) is 3.11. The average Bonchev–Trinajstić information content (AvgIpc) is 2.07. The fraction of sp³-hybridized carbons (Fsp3) is 0.111. The van der Waals surface area contributed by atoms with Gasteiger partial charge in [-0.05, 0) is 30.2 Å². The molecule has 1 aromatic rings. The summed E-state index contributed by atoms with van der Waals surface area (Å²) in [4.78, 5) is 0. The third-order valence-electron chi connectivity index (χ3n) is 1.53. The molecule has 12 heavy (non-hydrogen) atoms. The second-order valence-electron chi connectivity index (χ2n) is 2.41. The van der Waals surface area contributed by atoms with Gasteiger partial charge >= 0.3 is 0 Å². The molecule has 1 rings (SSSR count). The lowest BCUT2D eigenvalue weighted by Gasteiger charge is -2.01. The molecular weight excluding hydrogens is 177 g/mol. The SMILES string of the molecule is Nc1ccc(Cl)cc1CC=CF. The van der Waals surface area contributed by atoms with Crippen molar-refractivity contribution >= 4 is 17.3 Å². The van der Waals surface area contributed by atoms with Gasteiger partial charge in [0.25, 0.3) is 0 Å². The van der Waals surface area contributed by atoms with Crippen LogP contribution in [0.1, 0.15) is 5.56 Å². The fourth-order valence-electron chi connectivity index (χ4n) is 0.923. The Bertz CT molecular complexity index is 297. The summed E-state index contributed by atoms with van der Waals surface area (Å²) < 4.78 is 11.7. The highest BCUT2D eigenvalue weighted by atomic mass is 35.5. The van der Waals surface area contributed by atoms with Gasteiger partial charge < -0.3 is 5.73 Å². The Morgan fingerprint density at radius 2 is 2.25 bits per heavy atom. The number of hydrogen-bond acceptors (Lipinski definition) is 1. The third kappa shape index (κ3) is 2.24. The minimum Gasteiger partial charge on any atom is -0.398 e. The lowest BCUT2D eigenvalue weighted by Crippen LogP contribution is -1.92. The summed E-state index contributed by atoms with van der Waals surface area (Å²) in [6.07, 6.45) is 2.37. The Labute approximate surface area is 75.6 Å². The van der Waals surface area contributed by atoms with Gasteiger partial charge in [0.15, 0.2) is 0 Å². The minimum absolute atomic E-state index is 0.475. The van der Waals surface area contributed by atoms with E-state index in [1.165, 1.54) is 6.08 Å². The van der Waals surface area contributed by atoms with Crippen LogP contribution in [0.25, 0.3) is 0 Å². The van der Waals surface area contributed by atoms with Gasteiger partial charge in [-0.2, -0.15) is 0 Å². The van der Waals surface area contributed by atoms with E-state index in [9.17, 15) is 4.39 Å². The predicted molar refractivity (Wildman–Crippen MR) is 49.8 cm³/mol. The topological polar surface area (TPSA) is 26.0 Å². The summed E-state index contributed by atoms with van der Waals surface area (Å²) in [6, 6.07) is 5.15. The van der Waals surface area contributed by atoms with Gasteiger partial charge in [0.1, 0.15) is 0 Å². The molecular formula is C9H9ClFN. The van der Waals surface area contributed by atoms with Crippen LogP contribution in [-0.2, 0) is 6.42 Å². The number of nitrogens with two attached hydrogens (primary N) is 1. The standard InChI is InChI=1S/C9H9ClFN/c10-8-3-4-9(12)7(6-8)2-1-5-11/h1,3-6H,2,12H2. The predicted octanol–water partition coefficient (Wildman–Crippen LogP) is 2.95. The van der Waals surface area contributed by atoms with E-state index in [2.05, 4.69) is 0 Å². The van der Waals surface area contributed by atoms with Gasteiger partial charge in [0.2, 0.25) is 0 Å². The van der Waals surface area contributed by atoms with Crippen molar-refractivity contribution in [3.8, 4) is 0 Å². The Morgan fingerprint density at radius 1 is 1.50 bits per heavy atom. The summed E-state index contributed by atoms with van der Waals surface area (Å²) in [7, 11) is 0. The van der Waals surface area contributed by atoms with E-state index >= 15 is 0 Å². The van der Waals surface area contributed by atoms with E-state index in [1.807, 2.05) is 0 Å². The number of halogens is 2. The van der Waals surface area contributed by atoms with Crippen LogP contribution in [0.4, 0.5) is 10.1 Å². The molecule has 0 aliphatic heterocycles. The average molecular weight is 186 g/mol. The highest BCUT2D eigenvalue weighted by Crippen LogP contribution is 2.18. The summed E-state index contributed by atoms with van der Waals surface area (Å²) >= 11 is 5.72. The molecule has 0 spiro atoms. The maximum atomic E-state index is 11.7. The molecule has 1 aromatic carbocycles. The van der Waals surface area contributed by atoms with E-state index in [4.69, 9.17) is 17.3 Å². The quantitative estimate of drug-likeness (QED) is 0.705. The molecule has 0 radical (unpaired) electrons. The summed E-state index contributed by atoms with van der Waals surface area (Å²) in [5, 5.41) is 0.617. The van der Waals surface area contributed by atoms with Crippen molar-refractivity contribution in [2.45, 2.75) is 6.42 Å². The van der Waals surface area contributed by atoms with Gasteiger partial charge in [-0.1, -0.05) is 17.7 Å². The number of rotatable bonds is 2. The summed E-state index contributed by atoms with van der Waals surface area (Å²) in [6.45, 7) is 0. The highest BCUT2D eigenvalue weighted by Gasteiger charge is 1.97. The molecule has 0 saturated heterocycles. The second-order valence-corrected chi connectivity index (χ2v) is 2.85. The van der Waals surface area contributed by atoms with Crippen LogP contribution in [0.3, 0.4) is 0 Å². The van der Waals surface area contributed by atoms with Crippen LogP contribution in [0.15, 0.2) is 30.6 Å². The molecule has 3 heteroatoms. The van der Waals surface area contributed by atoms with E-state index in [0.717, 1.165) is 5.56 Å². The zero-order valence-electron chi connectivity index (χ0n) is 6.43. The fourth-order valence-corrected chi connectivity index (χ4v) is 1.12. The normalized spacial score (nSPS) is 10.8. The van der Waals surface area contributed by atoms with Gasteiger partial charge in [-0.25, -0.2) is 4.39 Å². The van der Waals surface area contributed by atoms with Crippen LogP contribution in [0, 0.1) is 0 Å². The molecule has 0 aliphatic rings. The molecule has 64 valence electrons. The Hall–Kier alpha value is -1.02. The number of anilines is 1. The Morgan fingerprint density at radius 3 is 2.92 bits per heavy atom. The van der Waals surface area contributed by atoms with Gasteiger partial charge in [0, 0.05) is 10.7 Å². The van der Waals surface area contributed by atoms with Gasteiger partial charge in [0.05, 0.1) is 6.33 Å². The van der Waals surface area contributed by atoms with Crippen LogP contribution in [-0.4, -0.2) is 0 Å². The largest absolute Gasteiger partial charge is 0.398 e. The number of nitrogen functional groups attached to an aromatic ring is 1. The molecule has 0 heterocycles. The van der Waals surface area contributed by atoms with Crippen molar-refractivity contribution in [1.29, 1.82) is 0 Å². The molecule has 0 saturated carbocycles. The molecule has 1 nitrogen and oxygen atoms in total. The second kappa shape index (κ2) is 4.12. The van der Waals surface area contributed by atoms with Crippen LogP contribution in [0.2, 0.25) is 5.02 Å². The highest BCUT2D eigenvalue weighted by molar-refractivity contribution is 6.30. The first-order valence-electron chi connectivity index (χ1n) is 3.53. The van der Waals surface area contributed by atoms with Gasteiger partial charge in [-0.15, -0.1) is 0 Å². The van der Waals surface area contributed by atoms with Crippen LogP contribution >= 0.6 is 11.6 Å². The number of hydrogen-bond donors (Lipinski definition) is 1. The van der Waals surface area contributed by atoms with Crippen LogP contribution in [0.5, 0.6) is 0 Å². The molecule has 2 N–H and O–H groups in total. The molecule has 0 unspecified atom stereocenters. The third-order valence-corrected chi connectivity index (χ3v) is 1.77. The van der Waals surface area contributed by atoms with Crippen molar-refractivity contribution in [3.05, 3.63) is 41.2 Å². The van der Waals surface area contributed by atoms with Crippen molar-refractivity contribution in [2.75, 3.05) is 5.73 Å². The first kappa shape index (κ1) is 9.07. The van der Waals surface area contributed by atoms with E-state index in [-0.39, 0.29) is 0 Å². The lowest BCUT2D eigenvalue weighted by molar-refractivity contribution is 0.716. The maximum absolute atomic E-state index is 11.7. The van der Waals surface area contributed by atoms with Crippen molar-refractivity contribution < 1.29 is 4.39 Å². The first-order valence-corrected chi connectivity index (χ1v) is 3.91. The monoisotopic (exact) mass is 185 g/mol. The zero-order chi connectivity index (χ0) is 8.97.